The maximum Gasteiger partial charge on any atom is 0.187 e. The maximum absolute atomic E-state index is 7.53. The topological polar surface area (TPSA) is 55.9 Å². The van der Waals surface area contributed by atoms with Gasteiger partial charge >= 0.3 is 0 Å². The second-order valence-corrected chi connectivity index (χ2v) is 14.4. The average Bonchev–Trinajstić information content (AvgIpc) is 3.29. The molecule has 0 bridgehead atoms. The van der Waals surface area contributed by atoms with Crippen LogP contribution < -0.4 is 0 Å². The van der Waals surface area contributed by atoms with Crippen LogP contribution in [0.25, 0.3) is 94.8 Å². The Morgan fingerprint density at radius 1 is 0.362 bits per heavy atom. The smallest absolute Gasteiger partial charge is 0.187 e. The molecule has 9 rings (SSSR count). The number of pyridine rings is 1. The van der Waals surface area contributed by atoms with E-state index >= 15 is 0 Å². The summed E-state index contributed by atoms with van der Waals surface area (Å²) in [6, 6.07) is 62.7. The number of aryl methyl sites for hydroxylation is 2. The predicted molar refractivity (Wildman–Crippen MR) is 237 cm³/mol. The molecule has 0 fully saturated rings. The maximum atomic E-state index is 7.53. The third-order valence-electron chi connectivity index (χ3n) is 10.3. The van der Waals surface area contributed by atoms with Crippen molar-refractivity contribution in [3.05, 3.63) is 211 Å². The van der Waals surface area contributed by atoms with E-state index in [1.54, 1.807) is 12.1 Å². The normalized spacial score (nSPS) is 10.9. The molecule has 9 aromatic rings. The molecule has 0 unspecified atom stereocenters. The molecule has 0 atom stereocenters. The minimum Gasteiger partial charge on any atom is -0.255 e. The van der Waals surface area contributed by atoms with Gasteiger partial charge in [-0.15, -0.1) is 0 Å². The quantitative estimate of drug-likeness (QED) is 0.145. The summed E-state index contributed by atoms with van der Waals surface area (Å²) in [5, 5.41) is 0. The number of hydrogen-bond donors (Lipinski definition) is 0. The van der Waals surface area contributed by atoms with Crippen molar-refractivity contribution in [3.8, 4) is 89.9 Å². The Morgan fingerprint density at radius 3 is 1.64 bits per heavy atom. The number of rotatable bonds is 8. The molecule has 0 saturated heterocycles. The molecule has 0 radical (unpaired) electrons. The molecule has 0 aliphatic carbocycles. The van der Waals surface area contributed by atoms with Gasteiger partial charge in [-0.1, -0.05) is 163 Å². The van der Waals surface area contributed by atoms with E-state index in [1.807, 2.05) is 60.8 Å². The van der Waals surface area contributed by atoms with Gasteiger partial charge in [-0.05, 0) is 88.7 Å². The van der Waals surface area contributed by atoms with Gasteiger partial charge in [0.25, 0.3) is 0 Å². The summed E-state index contributed by atoms with van der Waals surface area (Å²) in [6.45, 7) is 11.8. The van der Waals surface area contributed by atoms with Gasteiger partial charge in [0.15, 0.2) is 23.2 Å². The van der Waals surface area contributed by atoms with Crippen molar-refractivity contribution in [2.75, 3.05) is 0 Å². The highest BCUT2D eigenvalue weighted by Crippen LogP contribution is 2.41. The summed E-state index contributed by atoms with van der Waals surface area (Å²) >= 11 is 0. The monoisotopic (exact) mass is 743 g/mol. The zero-order valence-electron chi connectivity index (χ0n) is 32.1. The third-order valence-corrected chi connectivity index (χ3v) is 10.3. The van der Waals surface area contributed by atoms with Crippen LogP contribution >= 0.6 is 0 Å². The Balaban J connectivity index is 1.16. The minimum absolute atomic E-state index is 0.498. The van der Waals surface area contributed by atoms with E-state index < -0.39 is 0 Å². The highest BCUT2D eigenvalue weighted by atomic mass is 15.0. The Kier molecular flexibility index (Phi) is 9.73. The standard InChI is InChI=1S/C53H37N5/c1-35-28-36(2)30-44(29-35)46-22-10-11-23-47(46)48-26-24-41(33-49(48)40-19-12-18-39(31-40)37-14-6-4-7-15-37)50-27-25-43(34-55-50)53-57-51(38-16-8-5-9-17-38)56-52(58-53)42-20-13-21-45(32-42)54-3/h4-34H,1-2H3. The first-order valence-corrected chi connectivity index (χ1v) is 19.2. The summed E-state index contributed by atoms with van der Waals surface area (Å²) in [5.41, 5.74) is 16.5. The zero-order valence-corrected chi connectivity index (χ0v) is 32.1. The third kappa shape index (κ3) is 7.43. The highest BCUT2D eigenvalue weighted by molar-refractivity contribution is 5.94. The van der Waals surface area contributed by atoms with Gasteiger partial charge in [0.1, 0.15) is 0 Å². The van der Waals surface area contributed by atoms with Crippen molar-refractivity contribution in [1.29, 1.82) is 0 Å². The van der Waals surface area contributed by atoms with Gasteiger partial charge in [-0.2, -0.15) is 0 Å². The molecule has 2 heterocycles. The van der Waals surface area contributed by atoms with Crippen LogP contribution in [0.2, 0.25) is 0 Å². The van der Waals surface area contributed by atoms with E-state index in [0.29, 0.717) is 23.2 Å². The van der Waals surface area contributed by atoms with Crippen LogP contribution in [-0.4, -0.2) is 19.9 Å². The first-order valence-electron chi connectivity index (χ1n) is 19.2. The molecular weight excluding hydrogens is 707 g/mol. The molecule has 58 heavy (non-hydrogen) atoms. The molecule has 0 N–H and O–H groups in total. The molecule has 5 heteroatoms. The Hall–Kier alpha value is -7.81. The molecule has 274 valence electrons. The van der Waals surface area contributed by atoms with Gasteiger partial charge in [-0.3, -0.25) is 4.98 Å². The zero-order chi connectivity index (χ0) is 39.4. The fraction of sp³-hybridized carbons (Fsp3) is 0.0377. The molecule has 5 nitrogen and oxygen atoms in total. The highest BCUT2D eigenvalue weighted by Gasteiger charge is 2.17. The fourth-order valence-corrected chi connectivity index (χ4v) is 7.54. The molecule has 7 aromatic carbocycles. The van der Waals surface area contributed by atoms with Gasteiger partial charge in [-0.25, -0.2) is 19.8 Å². The molecular formula is C53H37N5. The molecule has 0 saturated carbocycles. The van der Waals surface area contributed by atoms with Crippen LogP contribution in [0, 0.1) is 20.4 Å². The minimum atomic E-state index is 0.498. The molecule has 0 aliphatic heterocycles. The number of aromatic nitrogens is 4. The Bertz CT molecular complexity index is 2950. The van der Waals surface area contributed by atoms with Crippen LogP contribution in [0.3, 0.4) is 0 Å². The first kappa shape index (κ1) is 35.9. The first-order chi connectivity index (χ1) is 28.5. The lowest BCUT2D eigenvalue weighted by Gasteiger charge is -2.17. The van der Waals surface area contributed by atoms with Crippen molar-refractivity contribution < 1.29 is 0 Å². The predicted octanol–water partition coefficient (Wildman–Crippen LogP) is 13.8. The van der Waals surface area contributed by atoms with Crippen molar-refractivity contribution in [2.45, 2.75) is 13.8 Å². The lowest BCUT2D eigenvalue weighted by molar-refractivity contribution is 1.07. The van der Waals surface area contributed by atoms with Crippen LogP contribution in [0.5, 0.6) is 0 Å². The summed E-state index contributed by atoms with van der Waals surface area (Å²) < 4.78 is 0. The average molecular weight is 744 g/mol. The largest absolute Gasteiger partial charge is 0.255 e. The fourth-order valence-electron chi connectivity index (χ4n) is 7.54. The van der Waals surface area contributed by atoms with E-state index in [-0.39, 0.29) is 0 Å². The second-order valence-electron chi connectivity index (χ2n) is 14.4. The lowest BCUT2D eigenvalue weighted by Crippen LogP contribution is -2.00. The summed E-state index contributed by atoms with van der Waals surface area (Å²) in [6.07, 6.45) is 1.83. The van der Waals surface area contributed by atoms with Gasteiger partial charge in [0, 0.05) is 28.5 Å². The van der Waals surface area contributed by atoms with Crippen molar-refractivity contribution in [2.24, 2.45) is 0 Å². The molecule has 0 spiro atoms. The van der Waals surface area contributed by atoms with Crippen molar-refractivity contribution >= 4 is 5.69 Å². The molecule has 0 amide bonds. The lowest BCUT2D eigenvalue weighted by atomic mass is 9.87. The summed E-state index contributed by atoms with van der Waals surface area (Å²) in [4.78, 5) is 23.2. The molecule has 0 aliphatic rings. The van der Waals surface area contributed by atoms with Crippen LogP contribution in [0.1, 0.15) is 11.1 Å². The van der Waals surface area contributed by atoms with Crippen LogP contribution in [0.4, 0.5) is 5.69 Å². The summed E-state index contributed by atoms with van der Waals surface area (Å²) in [5.74, 6) is 1.56. The van der Waals surface area contributed by atoms with E-state index in [4.69, 9.17) is 26.5 Å². The SMILES string of the molecule is [C-]#[N+]c1cccc(-c2nc(-c3ccccc3)nc(-c3ccc(-c4ccc(-c5ccccc5-c5cc(C)cc(C)c5)c(-c5cccc(-c6ccccc6)c5)c4)nc3)n2)c1. The van der Waals surface area contributed by atoms with E-state index in [0.717, 1.165) is 50.2 Å². The molecule has 2 aromatic heterocycles. The van der Waals surface area contributed by atoms with Gasteiger partial charge < -0.3 is 0 Å². The van der Waals surface area contributed by atoms with Gasteiger partial charge in [0.2, 0.25) is 0 Å². The second kappa shape index (κ2) is 15.7. The van der Waals surface area contributed by atoms with Crippen LogP contribution in [0.15, 0.2) is 188 Å². The Labute approximate surface area is 338 Å². The van der Waals surface area contributed by atoms with E-state index in [9.17, 15) is 0 Å². The van der Waals surface area contributed by atoms with Crippen molar-refractivity contribution in [3.63, 3.8) is 0 Å². The number of nitrogens with zero attached hydrogens (tertiary/aromatic N) is 5. The van der Waals surface area contributed by atoms with E-state index in [2.05, 4.69) is 134 Å². The van der Waals surface area contributed by atoms with Gasteiger partial charge in [0.05, 0.1) is 12.3 Å². The Morgan fingerprint density at radius 2 is 0.931 bits per heavy atom. The van der Waals surface area contributed by atoms with E-state index in [1.165, 1.54) is 33.4 Å². The number of benzene rings is 7. The number of hydrogen-bond acceptors (Lipinski definition) is 4. The van der Waals surface area contributed by atoms with Crippen LogP contribution in [-0.2, 0) is 0 Å². The summed E-state index contributed by atoms with van der Waals surface area (Å²) in [7, 11) is 0. The van der Waals surface area contributed by atoms with Crippen molar-refractivity contribution in [1.82, 2.24) is 19.9 Å².